The Morgan fingerprint density at radius 2 is 1.97 bits per heavy atom. The molecule has 0 N–H and O–H groups in total. The van der Waals surface area contributed by atoms with Crippen molar-refractivity contribution in [3.8, 4) is 16.9 Å². The molecule has 1 fully saturated rings. The lowest BCUT2D eigenvalue weighted by atomic mass is 10.1. The van der Waals surface area contributed by atoms with Gasteiger partial charge in [-0.15, -0.1) is 0 Å². The first-order chi connectivity index (χ1) is 13.9. The molecule has 1 aliphatic carbocycles. The number of benzene rings is 1. The summed E-state index contributed by atoms with van der Waals surface area (Å²) in [6.45, 7) is 1.86. The predicted molar refractivity (Wildman–Crippen MR) is 97.5 cm³/mol. The van der Waals surface area contributed by atoms with Crippen LogP contribution in [-0.4, -0.2) is 32.3 Å². The van der Waals surface area contributed by atoms with E-state index in [1.54, 1.807) is 6.92 Å². The summed E-state index contributed by atoms with van der Waals surface area (Å²) in [4.78, 5) is 20.7. The normalized spacial score (nSPS) is 14.1. The second-order valence-corrected chi connectivity index (χ2v) is 6.69. The van der Waals surface area contributed by atoms with Gasteiger partial charge >= 0.3 is 12.1 Å². The van der Waals surface area contributed by atoms with Gasteiger partial charge in [0.2, 0.25) is 0 Å². The molecule has 0 atom stereocenters. The van der Waals surface area contributed by atoms with E-state index in [2.05, 4.69) is 15.1 Å². The van der Waals surface area contributed by atoms with E-state index < -0.39 is 17.7 Å². The number of ether oxygens (including phenoxy) is 1. The van der Waals surface area contributed by atoms with E-state index in [1.165, 1.54) is 35.5 Å². The van der Waals surface area contributed by atoms with E-state index in [0.717, 1.165) is 25.0 Å². The lowest BCUT2D eigenvalue weighted by molar-refractivity contribution is -0.137. The molecule has 1 aliphatic rings. The number of aromatic nitrogens is 4. The average molecular weight is 402 g/mol. The van der Waals surface area contributed by atoms with Crippen LogP contribution in [0.1, 0.15) is 47.3 Å². The average Bonchev–Trinajstić information content (AvgIpc) is 3.47. The van der Waals surface area contributed by atoms with Crippen molar-refractivity contribution in [3.05, 3.63) is 59.8 Å². The second-order valence-electron chi connectivity index (χ2n) is 6.69. The fourth-order valence-corrected chi connectivity index (χ4v) is 3.20. The van der Waals surface area contributed by atoms with Crippen LogP contribution >= 0.6 is 0 Å². The van der Waals surface area contributed by atoms with Gasteiger partial charge in [-0.3, -0.25) is 0 Å². The van der Waals surface area contributed by atoms with Crippen molar-refractivity contribution in [1.29, 1.82) is 0 Å². The number of hydrogen-bond donors (Lipinski definition) is 0. The van der Waals surface area contributed by atoms with Crippen molar-refractivity contribution >= 4 is 5.97 Å². The molecule has 150 valence electrons. The zero-order chi connectivity index (χ0) is 20.6. The summed E-state index contributed by atoms with van der Waals surface area (Å²) < 4.78 is 46.3. The molecule has 2 aromatic heterocycles. The summed E-state index contributed by atoms with van der Waals surface area (Å²) in [5, 5.41) is 4.51. The lowest BCUT2D eigenvalue weighted by Crippen LogP contribution is -2.10. The first kappa shape index (κ1) is 19.1. The van der Waals surface area contributed by atoms with Gasteiger partial charge in [-0.25, -0.2) is 19.4 Å². The van der Waals surface area contributed by atoms with Crippen LogP contribution in [-0.2, 0) is 10.9 Å². The summed E-state index contributed by atoms with van der Waals surface area (Å²) in [6.07, 6.45) is 1.52. The Balaban J connectivity index is 1.95. The molecule has 1 saturated carbocycles. The quantitative estimate of drug-likeness (QED) is 0.592. The Kier molecular flexibility index (Phi) is 4.81. The number of carbonyl (C=O) groups excluding carboxylic acids is 1. The monoisotopic (exact) mass is 402 g/mol. The highest BCUT2D eigenvalue weighted by Crippen LogP contribution is 2.45. The van der Waals surface area contributed by atoms with Crippen LogP contribution in [0.5, 0.6) is 0 Å². The molecule has 3 aromatic rings. The van der Waals surface area contributed by atoms with Gasteiger partial charge < -0.3 is 4.74 Å². The van der Waals surface area contributed by atoms with Crippen LogP contribution < -0.4 is 0 Å². The minimum absolute atomic E-state index is 0.0230. The number of carbonyl (C=O) groups is 1. The fraction of sp³-hybridized carbons (Fsp3) is 0.300. The van der Waals surface area contributed by atoms with Crippen molar-refractivity contribution in [2.75, 3.05) is 6.61 Å². The van der Waals surface area contributed by atoms with Crippen molar-refractivity contribution < 1.29 is 22.7 Å². The van der Waals surface area contributed by atoms with Gasteiger partial charge in [-0.05, 0) is 38.0 Å². The van der Waals surface area contributed by atoms with Crippen LogP contribution in [0.2, 0.25) is 0 Å². The Labute approximate surface area is 164 Å². The van der Waals surface area contributed by atoms with Crippen molar-refractivity contribution in [1.82, 2.24) is 19.7 Å². The standard InChI is InChI=1S/C20H17F3N4O2/c1-2-29-19(28)16-17(13-9-24-11-25-10-13)26-27(18(16)12-6-7-12)15-5-3-4-14(8-15)20(21,22)23/h3-5,8-12H,2,6-7H2,1H3. The SMILES string of the molecule is CCOC(=O)c1c(-c2cncnc2)nn(-c2cccc(C(F)(F)F)c2)c1C1CC1. The van der Waals surface area contributed by atoms with E-state index in [1.807, 2.05) is 0 Å². The predicted octanol–water partition coefficient (Wildman–Crippen LogP) is 4.40. The third kappa shape index (κ3) is 3.72. The van der Waals surface area contributed by atoms with Crippen molar-refractivity contribution in [2.24, 2.45) is 0 Å². The van der Waals surface area contributed by atoms with Gasteiger partial charge in [0.15, 0.2) is 0 Å². The third-order valence-corrected chi connectivity index (χ3v) is 4.62. The van der Waals surface area contributed by atoms with Gasteiger partial charge in [-0.1, -0.05) is 6.07 Å². The van der Waals surface area contributed by atoms with Gasteiger partial charge in [0.25, 0.3) is 0 Å². The number of halogens is 3. The summed E-state index contributed by atoms with van der Waals surface area (Å²) in [6, 6.07) is 4.89. The zero-order valence-corrected chi connectivity index (χ0v) is 15.5. The molecular weight excluding hydrogens is 385 g/mol. The number of nitrogens with zero attached hydrogens (tertiary/aromatic N) is 4. The number of esters is 1. The summed E-state index contributed by atoms with van der Waals surface area (Å²) in [5.74, 6) is -0.540. The Morgan fingerprint density at radius 1 is 1.24 bits per heavy atom. The fourth-order valence-electron chi connectivity index (χ4n) is 3.20. The van der Waals surface area contributed by atoms with Gasteiger partial charge in [0.1, 0.15) is 17.6 Å². The smallest absolute Gasteiger partial charge is 0.416 e. The van der Waals surface area contributed by atoms with Crippen LogP contribution in [0.15, 0.2) is 43.0 Å². The topological polar surface area (TPSA) is 69.9 Å². The molecule has 2 heterocycles. The van der Waals surface area contributed by atoms with E-state index in [-0.39, 0.29) is 23.8 Å². The third-order valence-electron chi connectivity index (χ3n) is 4.62. The van der Waals surface area contributed by atoms with E-state index in [9.17, 15) is 18.0 Å². The highest BCUT2D eigenvalue weighted by atomic mass is 19.4. The summed E-state index contributed by atoms with van der Waals surface area (Å²) >= 11 is 0. The summed E-state index contributed by atoms with van der Waals surface area (Å²) in [7, 11) is 0. The molecular formula is C20H17F3N4O2. The molecule has 0 aliphatic heterocycles. The van der Waals surface area contributed by atoms with Gasteiger partial charge in [0, 0.05) is 23.9 Å². The van der Waals surface area contributed by atoms with Crippen molar-refractivity contribution in [3.63, 3.8) is 0 Å². The molecule has 1 aromatic carbocycles. The molecule has 9 heteroatoms. The molecule has 6 nitrogen and oxygen atoms in total. The molecule has 0 unspecified atom stereocenters. The van der Waals surface area contributed by atoms with Gasteiger partial charge in [-0.2, -0.15) is 18.3 Å². The minimum atomic E-state index is -4.48. The number of rotatable bonds is 5. The molecule has 4 rings (SSSR count). The molecule has 0 amide bonds. The minimum Gasteiger partial charge on any atom is -0.462 e. The van der Waals surface area contributed by atoms with Crippen LogP contribution in [0.3, 0.4) is 0 Å². The maximum Gasteiger partial charge on any atom is 0.416 e. The lowest BCUT2D eigenvalue weighted by Gasteiger charge is -2.11. The molecule has 0 bridgehead atoms. The number of hydrogen-bond acceptors (Lipinski definition) is 5. The molecule has 29 heavy (non-hydrogen) atoms. The van der Waals surface area contributed by atoms with E-state index in [4.69, 9.17) is 4.74 Å². The molecule has 0 spiro atoms. The van der Waals surface area contributed by atoms with Gasteiger partial charge in [0.05, 0.1) is 23.6 Å². The Bertz CT molecular complexity index is 1040. The number of alkyl halides is 3. The maximum absolute atomic E-state index is 13.2. The summed E-state index contributed by atoms with van der Waals surface area (Å²) in [5.41, 5.74) is 1.04. The maximum atomic E-state index is 13.2. The van der Waals surface area contributed by atoms with Crippen molar-refractivity contribution in [2.45, 2.75) is 31.9 Å². The van der Waals surface area contributed by atoms with Crippen LogP contribution in [0.25, 0.3) is 16.9 Å². The van der Waals surface area contributed by atoms with E-state index in [0.29, 0.717) is 17.0 Å². The van der Waals surface area contributed by atoms with Crippen LogP contribution in [0.4, 0.5) is 13.2 Å². The highest BCUT2D eigenvalue weighted by Gasteiger charge is 2.37. The largest absolute Gasteiger partial charge is 0.462 e. The first-order valence-electron chi connectivity index (χ1n) is 9.13. The highest BCUT2D eigenvalue weighted by molar-refractivity contribution is 5.98. The van der Waals surface area contributed by atoms with Crippen LogP contribution in [0, 0.1) is 0 Å². The molecule has 0 saturated heterocycles. The second kappa shape index (κ2) is 7.31. The molecule has 0 radical (unpaired) electrons. The van der Waals surface area contributed by atoms with E-state index >= 15 is 0 Å². The Hall–Kier alpha value is -3.23. The first-order valence-corrected chi connectivity index (χ1v) is 9.13. The Morgan fingerprint density at radius 3 is 2.59 bits per heavy atom. The zero-order valence-electron chi connectivity index (χ0n) is 15.5.